The zero-order chi connectivity index (χ0) is 8.72. The number of rotatable bonds is 0. The lowest BCUT2D eigenvalue weighted by atomic mass is 10.0. The quantitative estimate of drug-likeness (QED) is 0.624. The molecule has 1 atom stereocenters. The highest BCUT2D eigenvalue weighted by Crippen LogP contribution is 2.33. The van der Waals surface area contributed by atoms with Gasteiger partial charge in [-0.3, -0.25) is 4.79 Å². The summed E-state index contributed by atoms with van der Waals surface area (Å²) in [6, 6.07) is 4.73. The molecule has 1 aromatic carbocycles. The molecular weight excluding hydrogens is 157 g/mol. The molecule has 62 valence electrons. The maximum absolute atomic E-state index is 13.0. The van der Waals surface area contributed by atoms with Crippen LogP contribution in [0, 0.1) is 5.82 Å². The lowest BCUT2D eigenvalue weighted by molar-refractivity contribution is -0.116. The van der Waals surface area contributed by atoms with Gasteiger partial charge in [0.25, 0.3) is 0 Å². The highest BCUT2D eigenvalue weighted by atomic mass is 19.1. The summed E-state index contributed by atoms with van der Waals surface area (Å²) in [5, 5.41) is 2.50. The van der Waals surface area contributed by atoms with Gasteiger partial charge in [-0.15, -0.1) is 0 Å². The summed E-state index contributed by atoms with van der Waals surface area (Å²) >= 11 is 0. The second-order valence-corrected chi connectivity index (χ2v) is 2.92. The highest BCUT2D eigenvalue weighted by Gasteiger charge is 2.28. The fraction of sp³-hybridized carbons (Fsp3) is 0.222. The zero-order valence-electron chi connectivity index (χ0n) is 6.60. The van der Waals surface area contributed by atoms with E-state index in [1.54, 1.807) is 19.1 Å². The van der Waals surface area contributed by atoms with E-state index in [4.69, 9.17) is 0 Å². The number of nitrogens with one attached hydrogen (secondary N) is 1. The Bertz CT molecular complexity index is 348. The van der Waals surface area contributed by atoms with Crippen molar-refractivity contribution in [3.63, 3.8) is 0 Å². The number of amides is 1. The van der Waals surface area contributed by atoms with Crippen LogP contribution in [0.25, 0.3) is 0 Å². The lowest BCUT2D eigenvalue weighted by Crippen LogP contribution is -2.08. The molecule has 0 radical (unpaired) electrons. The molecular formula is C9H8FNO. The lowest BCUT2D eigenvalue weighted by Gasteiger charge is -1.99. The Hall–Kier alpha value is -1.38. The Balaban J connectivity index is 2.60. The van der Waals surface area contributed by atoms with Gasteiger partial charge in [-0.25, -0.2) is 4.39 Å². The molecule has 0 saturated heterocycles. The largest absolute Gasteiger partial charge is 0.323 e. The average Bonchev–Trinajstić information content (AvgIpc) is 2.32. The number of halogens is 1. The van der Waals surface area contributed by atoms with E-state index in [0.29, 0.717) is 5.69 Å². The van der Waals surface area contributed by atoms with Gasteiger partial charge in [0, 0.05) is 0 Å². The average molecular weight is 165 g/mol. The number of anilines is 1. The van der Waals surface area contributed by atoms with Crippen molar-refractivity contribution in [1.82, 2.24) is 0 Å². The van der Waals surface area contributed by atoms with Gasteiger partial charge in [-0.1, -0.05) is 12.1 Å². The molecule has 0 aliphatic carbocycles. The number of para-hydroxylation sites is 1. The first-order valence-electron chi connectivity index (χ1n) is 3.79. The van der Waals surface area contributed by atoms with Crippen molar-refractivity contribution in [1.29, 1.82) is 0 Å². The molecule has 2 nitrogen and oxygen atoms in total. The van der Waals surface area contributed by atoms with Gasteiger partial charge in [0.1, 0.15) is 5.82 Å². The maximum atomic E-state index is 13.0. The summed E-state index contributed by atoms with van der Waals surface area (Å²) in [5.41, 5.74) is 1.09. The topological polar surface area (TPSA) is 29.1 Å². The van der Waals surface area contributed by atoms with Crippen molar-refractivity contribution < 1.29 is 9.18 Å². The van der Waals surface area contributed by atoms with E-state index in [1.165, 1.54) is 6.07 Å². The molecule has 1 aliphatic heterocycles. The summed E-state index contributed by atoms with van der Waals surface area (Å²) in [6.45, 7) is 1.76. The number of fused-ring (bicyclic) bond motifs is 1. The molecule has 1 unspecified atom stereocenters. The predicted molar refractivity (Wildman–Crippen MR) is 43.4 cm³/mol. The van der Waals surface area contributed by atoms with Gasteiger partial charge in [0.15, 0.2) is 0 Å². The van der Waals surface area contributed by atoms with Crippen molar-refractivity contribution in [2.45, 2.75) is 12.8 Å². The van der Waals surface area contributed by atoms with E-state index in [2.05, 4.69) is 5.32 Å². The molecule has 0 spiro atoms. The van der Waals surface area contributed by atoms with Crippen LogP contribution in [0.5, 0.6) is 0 Å². The van der Waals surface area contributed by atoms with Gasteiger partial charge in [-0.2, -0.15) is 0 Å². The molecule has 1 aromatic rings. The third-order valence-electron chi connectivity index (χ3n) is 2.15. The van der Waals surface area contributed by atoms with Crippen molar-refractivity contribution >= 4 is 11.6 Å². The first-order valence-corrected chi connectivity index (χ1v) is 3.79. The monoisotopic (exact) mass is 165 g/mol. The first-order chi connectivity index (χ1) is 5.70. The molecule has 12 heavy (non-hydrogen) atoms. The Kier molecular flexibility index (Phi) is 1.40. The summed E-state index contributed by atoms with van der Waals surface area (Å²) in [4.78, 5) is 11.1. The van der Waals surface area contributed by atoms with Crippen LogP contribution in [0.15, 0.2) is 18.2 Å². The number of benzene rings is 1. The van der Waals surface area contributed by atoms with E-state index < -0.39 is 0 Å². The number of hydrogen-bond donors (Lipinski definition) is 1. The third kappa shape index (κ3) is 0.826. The van der Waals surface area contributed by atoms with Crippen molar-refractivity contribution in [3.05, 3.63) is 29.6 Å². The summed E-state index contributed by atoms with van der Waals surface area (Å²) < 4.78 is 13.0. The number of carbonyl (C=O) groups excluding carboxylic acids is 1. The summed E-state index contributed by atoms with van der Waals surface area (Å²) in [6.07, 6.45) is 0. The van der Waals surface area contributed by atoms with Crippen LogP contribution in [0.2, 0.25) is 0 Å². The van der Waals surface area contributed by atoms with Crippen molar-refractivity contribution in [2.75, 3.05) is 5.32 Å². The smallest absolute Gasteiger partial charge is 0.231 e. The summed E-state index contributed by atoms with van der Waals surface area (Å²) in [7, 11) is 0. The molecule has 2 rings (SSSR count). The SMILES string of the molecule is CC1C(=O)Nc2c(F)cccc21. The fourth-order valence-corrected chi connectivity index (χ4v) is 1.41. The minimum atomic E-state index is -0.356. The molecule has 0 saturated carbocycles. The molecule has 1 heterocycles. The van der Waals surface area contributed by atoms with Crippen LogP contribution in [0.3, 0.4) is 0 Å². The first kappa shape index (κ1) is 7.28. The van der Waals surface area contributed by atoms with Crippen LogP contribution in [0.1, 0.15) is 18.4 Å². The van der Waals surface area contributed by atoms with Crippen LogP contribution in [-0.2, 0) is 4.79 Å². The van der Waals surface area contributed by atoms with Crippen LogP contribution < -0.4 is 5.32 Å². The molecule has 0 bridgehead atoms. The molecule has 0 aromatic heterocycles. The van der Waals surface area contributed by atoms with E-state index in [1.807, 2.05) is 0 Å². The molecule has 1 aliphatic rings. The Morgan fingerprint density at radius 3 is 2.92 bits per heavy atom. The Labute approximate surface area is 69.4 Å². The second-order valence-electron chi connectivity index (χ2n) is 2.92. The standard InChI is InChI=1S/C9H8FNO/c1-5-6-3-2-4-7(10)8(6)11-9(5)12/h2-5H,1H3,(H,11,12). The molecule has 1 N–H and O–H groups in total. The zero-order valence-corrected chi connectivity index (χ0v) is 6.60. The van der Waals surface area contributed by atoms with Crippen LogP contribution in [0.4, 0.5) is 10.1 Å². The molecule has 1 amide bonds. The number of carbonyl (C=O) groups is 1. The van der Waals surface area contributed by atoms with Crippen molar-refractivity contribution in [3.8, 4) is 0 Å². The van der Waals surface area contributed by atoms with Gasteiger partial charge >= 0.3 is 0 Å². The molecule has 0 fully saturated rings. The third-order valence-corrected chi connectivity index (χ3v) is 2.15. The molecule has 3 heteroatoms. The van der Waals surface area contributed by atoms with Gasteiger partial charge < -0.3 is 5.32 Å². The van der Waals surface area contributed by atoms with E-state index >= 15 is 0 Å². The fourth-order valence-electron chi connectivity index (χ4n) is 1.41. The predicted octanol–water partition coefficient (Wildman–Crippen LogP) is 1.88. The van der Waals surface area contributed by atoms with Crippen LogP contribution in [-0.4, -0.2) is 5.91 Å². The highest BCUT2D eigenvalue weighted by molar-refractivity contribution is 6.02. The van der Waals surface area contributed by atoms with Gasteiger partial charge in [0.05, 0.1) is 11.6 Å². The normalized spacial score (nSPS) is 20.5. The summed E-state index contributed by atoms with van der Waals surface area (Å²) in [5.74, 6) is -0.712. The van der Waals surface area contributed by atoms with Gasteiger partial charge in [-0.05, 0) is 18.6 Å². The maximum Gasteiger partial charge on any atom is 0.231 e. The van der Waals surface area contributed by atoms with E-state index in [-0.39, 0.29) is 17.6 Å². The van der Waals surface area contributed by atoms with E-state index in [0.717, 1.165) is 5.56 Å². The minimum absolute atomic E-state index is 0.130. The van der Waals surface area contributed by atoms with Crippen molar-refractivity contribution in [2.24, 2.45) is 0 Å². The van der Waals surface area contributed by atoms with E-state index in [9.17, 15) is 9.18 Å². The van der Waals surface area contributed by atoms with Gasteiger partial charge in [0.2, 0.25) is 5.91 Å². The number of hydrogen-bond acceptors (Lipinski definition) is 1. The Morgan fingerprint density at radius 1 is 1.50 bits per heavy atom. The Morgan fingerprint density at radius 2 is 2.25 bits per heavy atom. The van der Waals surface area contributed by atoms with Crippen LogP contribution >= 0.6 is 0 Å². The second kappa shape index (κ2) is 2.30. The minimum Gasteiger partial charge on any atom is -0.323 e.